The standard InChI is InChI=1S/C54H58FN3O9/c1-2-27-64-54-49(58(34-37-17-21-41(55)22-18-37)53(62)39-19-15-36(33-56)16-20-39)32-47(57-67-50-14-5-8-28-63-50)45-30-40(11-3-6-25-59)44(13-4-7-26-60)51(52(45)54)46-31-43(23-24-48(46)66-54)65-42-12-9-10-38(29-42)35-61/h2,9-10,12,15-24,29-31,35,40,44,49-52,59-60H,1,3-8,11,13-14,25-28,32,34H2/t40-,44+,49-,50?,51+,52+,54+/m0/s1. The predicted molar refractivity (Wildman–Crippen MR) is 249 cm³/mol. The Morgan fingerprint density at radius 3 is 2.46 bits per heavy atom. The summed E-state index contributed by atoms with van der Waals surface area (Å²) >= 11 is 0. The molecule has 0 radical (unpaired) electrons. The molecule has 13 heteroatoms. The molecule has 12 nitrogen and oxygen atoms in total. The smallest absolute Gasteiger partial charge is 0.254 e. The lowest BCUT2D eigenvalue weighted by molar-refractivity contribution is -0.255. The first-order valence-corrected chi connectivity index (χ1v) is 23.4. The lowest BCUT2D eigenvalue weighted by atomic mass is 9.55. The van der Waals surface area contributed by atoms with Crippen LogP contribution in [0.25, 0.3) is 0 Å². The Bertz CT molecular complexity index is 2460. The first kappa shape index (κ1) is 47.3. The van der Waals surface area contributed by atoms with E-state index in [9.17, 15) is 24.7 Å². The van der Waals surface area contributed by atoms with Crippen LogP contribution >= 0.6 is 0 Å². The Hall–Kier alpha value is -6.17. The SMILES string of the molecule is C=CCO[C@@]12Oc3ccc(Oc4cccc(C=O)c4)cc3[C@H]3[C@H](CCCCO)[C@@H](CCCCO)C=C(C(=NOC4CCCCO4)C[C@@H]1N(Cc1ccc(F)cc1)C(=O)c1ccc(C#N)cc1)[C@H]32. The van der Waals surface area contributed by atoms with Crippen LogP contribution in [-0.4, -0.2) is 77.6 Å². The van der Waals surface area contributed by atoms with Crippen LogP contribution in [0.5, 0.6) is 17.2 Å². The number of ether oxygens (including phenoxy) is 4. The molecule has 1 saturated heterocycles. The van der Waals surface area contributed by atoms with E-state index in [1.807, 2.05) is 18.2 Å². The number of benzene rings is 4. The van der Waals surface area contributed by atoms with Gasteiger partial charge in [0, 0.05) is 55.2 Å². The lowest BCUT2D eigenvalue weighted by Gasteiger charge is -2.60. The number of amides is 1. The minimum absolute atomic E-state index is 0.0123. The largest absolute Gasteiger partial charge is 0.459 e. The molecule has 67 heavy (non-hydrogen) atoms. The number of oxime groups is 1. The molecule has 350 valence electrons. The van der Waals surface area contributed by atoms with E-state index in [-0.39, 0.29) is 56.4 Å². The van der Waals surface area contributed by atoms with Crippen molar-refractivity contribution in [2.75, 3.05) is 26.4 Å². The Labute approximate surface area is 391 Å². The molecule has 4 aromatic rings. The molecule has 1 amide bonds. The van der Waals surface area contributed by atoms with E-state index >= 15 is 4.79 Å². The average molecular weight is 912 g/mol. The van der Waals surface area contributed by atoms with Crippen LogP contribution in [0.3, 0.4) is 0 Å². The zero-order valence-corrected chi connectivity index (χ0v) is 37.6. The summed E-state index contributed by atoms with van der Waals surface area (Å²) in [6.45, 7) is 4.78. The van der Waals surface area contributed by atoms with Crippen molar-refractivity contribution < 1.29 is 48.0 Å². The molecule has 4 aliphatic rings. The molecule has 1 unspecified atom stereocenters. The Morgan fingerprint density at radius 2 is 1.75 bits per heavy atom. The minimum Gasteiger partial charge on any atom is -0.459 e. The lowest BCUT2D eigenvalue weighted by Crippen LogP contribution is -2.70. The van der Waals surface area contributed by atoms with Crippen LogP contribution in [0.4, 0.5) is 4.39 Å². The molecule has 0 aromatic heterocycles. The van der Waals surface area contributed by atoms with Crippen molar-refractivity contribution in [3.8, 4) is 23.3 Å². The van der Waals surface area contributed by atoms with Gasteiger partial charge in [0.1, 0.15) is 35.4 Å². The van der Waals surface area contributed by atoms with Crippen molar-refractivity contribution >= 4 is 17.9 Å². The van der Waals surface area contributed by atoms with Gasteiger partial charge in [-0.25, -0.2) is 4.39 Å². The van der Waals surface area contributed by atoms with E-state index in [1.165, 1.54) is 12.1 Å². The number of aliphatic hydroxyl groups excluding tert-OH is 2. The summed E-state index contributed by atoms with van der Waals surface area (Å²) in [5, 5.41) is 34.6. The molecular weight excluding hydrogens is 854 g/mol. The second-order valence-corrected chi connectivity index (χ2v) is 17.7. The quantitative estimate of drug-likeness (QED) is 0.0378. The van der Waals surface area contributed by atoms with Crippen molar-refractivity contribution in [3.63, 3.8) is 0 Å². The fraction of sp³-hybridized carbons (Fsp3) is 0.407. The first-order valence-electron chi connectivity index (χ1n) is 23.4. The number of hydrogen-bond acceptors (Lipinski definition) is 11. The van der Waals surface area contributed by atoms with Gasteiger partial charge in [-0.3, -0.25) is 9.59 Å². The number of aldehydes is 1. The molecule has 2 heterocycles. The average Bonchev–Trinajstić information content (AvgIpc) is 3.36. The Morgan fingerprint density at radius 1 is 0.970 bits per heavy atom. The van der Waals surface area contributed by atoms with Gasteiger partial charge in [0.2, 0.25) is 12.1 Å². The third kappa shape index (κ3) is 10.5. The number of halogens is 1. The molecular formula is C54H58FN3O9. The zero-order valence-electron chi connectivity index (χ0n) is 37.6. The van der Waals surface area contributed by atoms with Gasteiger partial charge >= 0.3 is 0 Å². The molecule has 0 spiro atoms. The number of hydrogen-bond donors (Lipinski definition) is 2. The second kappa shape index (κ2) is 22.1. The summed E-state index contributed by atoms with van der Waals surface area (Å²) in [6, 6.07) is 26.4. The zero-order chi connectivity index (χ0) is 46.8. The van der Waals surface area contributed by atoms with Crippen molar-refractivity contribution in [3.05, 3.63) is 149 Å². The van der Waals surface area contributed by atoms with Crippen LogP contribution in [0.15, 0.2) is 120 Å². The van der Waals surface area contributed by atoms with Crippen LogP contribution in [0.2, 0.25) is 0 Å². The summed E-state index contributed by atoms with van der Waals surface area (Å²) in [7, 11) is 0. The van der Waals surface area contributed by atoms with E-state index in [0.717, 1.165) is 55.9 Å². The van der Waals surface area contributed by atoms with Crippen LogP contribution in [0, 0.1) is 34.9 Å². The summed E-state index contributed by atoms with van der Waals surface area (Å²) in [5.74, 6) is -1.83. The molecule has 4 aromatic carbocycles. The number of carbonyl (C=O) groups is 2. The van der Waals surface area contributed by atoms with Crippen LogP contribution in [0.1, 0.15) is 108 Å². The fourth-order valence-electron chi connectivity index (χ4n) is 10.4. The van der Waals surface area contributed by atoms with Crippen molar-refractivity contribution in [1.29, 1.82) is 5.26 Å². The molecule has 2 fully saturated rings. The number of rotatable bonds is 20. The van der Waals surface area contributed by atoms with Crippen molar-refractivity contribution in [2.45, 2.75) is 94.8 Å². The van der Waals surface area contributed by atoms with E-state index in [1.54, 1.807) is 71.6 Å². The Balaban J connectivity index is 1.36. The molecule has 2 aliphatic carbocycles. The van der Waals surface area contributed by atoms with Gasteiger partial charge in [-0.2, -0.15) is 5.26 Å². The van der Waals surface area contributed by atoms with Gasteiger partial charge in [0.15, 0.2) is 0 Å². The highest BCUT2D eigenvalue weighted by atomic mass is 19.1. The van der Waals surface area contributed by atoms with E-state index in [4.69, 9.17) is 28.9 Å². The summed E-state index contributed by atoms with van der Waals surface area (Å²) < 4.78 is 41.5. The third-order valence-electron chi connectivity index (χ3n) is 13.5. The third-order valence-corrected chi connectivity index (χ3v) is 13.5. The van der Waals surface area contributed by atoms with Crippen LogP contribution in [-0.2, 0) is 20.9 Å². The van der Waals surface area contributed by atoms with Crippen molar-refractivity contribution in [1.82, 2.24) is 4.90 Å². The fourth-order valence-corrected chi connectivity index (χ4v) is 10.4. The maximum atomic E-state index is 15.4. The topological polar surface area (TPSA) is 160 Å². The summed E-state index contributed by atoms with van der Waals surface area (Å²) in [6.07, 6.45) is 11.0. The van der Waals surface area contributed by atoms with Crippen molar-refractivity contribution in [2.24, 2.45) is 22.9 Å². The molecule has 2 aliphatic heterocycles. The van der Waals surface area contributed by atoms with E-state index in [2.05, 4.69) is 18.7 Å². The number of allylic oxidation sites excluding steroid dienone is 1. The molecule has 0 bridgehead atoms. The van der Waals surface area contributed by atoms with Gasteiger partial charge in [-0.15, -0.1) is 6.58 Å². The van der Waals surface area contributed by atoms with Gasteiger partial charge in [-0.05, 0) is 128 Å². The number of nitriles is 1. The summed E-state index contributed by atoms with van der Waals surface area (Å²) in [4.78, 5) is 35.1. The number of fused-ring (bicyclic) bond motifs is 2. The molecule has 1 saturated carbocycles. The normalized spacial score (nSPS) is 24.5. The first-order chi connectivity index (χ1) is 32.8. The van der Waals surface area contributed by atoms with E-state index < -0.39 is 29.9 Å². The van der Waals surface area contributed by atoms with E-state index in [0.29, 0.717) is 71.1 Å². The number of unbranched alkanes of at least 4 members (excludes halogenated alkanes) is 2. The second-order valence-electron chi connectivity index (χ2n) is 17.7. The highest BCUT2D eigenvalue weighted by molar-refractivity contribution is 6.03. The predicted octanol–water partition coefficient (Wildman–Crippen LogP) is 9.80. The highest BCUT2D eigenvalue weighted by Gasteiger charge is 2.65. The minimum atomic E-state index is -1.58. The number of aliphatic hydroxyl groups is 2. The monoisotopic (exact) mass is 911 g/mol. The number of carbonyl (C=O) groups excluding carboxylic acids is 2. The highest BCUT2D eigenvalue weighted by Crippen LogP contribution is 2.62. The summed E-state index contributed by atoms with van der Waals surface area (Å²) in [5.41, 5.74) is 4.19. The maximum Gasteiger partial charge on any atom is 0.254 e. The number of nitrogens with zero attached hydrogens (tertiary/aromatic N) is 3. The molecule has 2 N–H and O–H groups in total. The van der Waals surface area contributed by atoms with Gasteiger partial charge in [0.25, 0.3) is 5.91 Å². The van der Waals surface area contributed by atoms with Gasteiger partial charge in [0.05, 0.1) is 36.5 Å². The van der Waals surface area contributed by atoms with Crippen LogP contribution < -0.4 is 9.47 Å². The Kier molecular flexibility index (Phi) is 15.6. The van der Waals surface area contributed by atoms with Gasteiger partial charge in [-0.1, -0.05) is 54.4 Å². The molecule has 7 atom stereocenters. The van der Waals surface area contributed by atoms with Gasteiger partial charge < -0.3 is 38.9 Å². The molecule has 8 rings (SSSR count). The maximum absolute atomic E-state index is 15.4.